The number of phenolic OH excluding ortho intramolecular Hbond substituents is 1. The summed E-state index contributed by atoms with van der Waals surface area (Å²) in [6.07, 6.45) is 1.67. The van der Waals surface area contributed by atoms with Crippen molar-refractivity contribution in [3.8, 4) is 5.75 Å². The summed E-state index contributed by atoms with van der Waals surface area (Å²) in [5, 5.41) is 12.8. The molecule has 1 fully saturated rings. The van der Waals surface area contributed by atoms with Crippen LogP contribution < -0.4 is 5.32 Å². The van der Waals surface area contributed by atoms with E-state index in [0.29, 0.717) is 24.7 Å². The zero-order chi connectivity index (χ0) is 22.6. The molecule has 0 atom stereocenters. The topological polar surface area (TPSA) is 90.0 Å². The molecule has 1 saturated heterocycles. The Morgan fingerprint density at radius 3 is 2.35 bits per heavy atom. The summed E-state index contributed by atoms with van der Waals surface area (Å²) in [5.41, 5.74) is 1.61. The Morgan fingerprint density at radius 1 is 1.13 bits per heavy atom. The van der Waals surface area contributed by atoms with Gasteiger partial charge in [-0.15, -0.1) is 0 Å². The van der Waals surface area contributed by atoms with Crippen LogP contribution in [0.2, 0.25) is 0 Å². The summed E-state index contributed by atoms with van der Waals surface area (Å²) >= 11 is 0. The lowest BCUT2D eigenvalue weighted by Crippen LogP contribution is -2.29. The summed E-state index contributed by atoms with van der Waals surface area (Å²) in [6, 6.07) is 11.7. The number of anilines is 1. The van der Waals surface area contributed by atoms with Gasteiger partial charge in [-0.2, -0.15) is 4.31 Å². The average molecular weight is 446 g/mol. The lowest BCUT2D eigenvalue weighted by atomic mass is 10.1. The molecule has 1 amide bonds. The third-order valence-electron chi connectivity index (χ3n) is 5.66. The molecule has 2 N–H and O–H groups in total. The first-order chi connectivity index (χ1) is 14.7. The third kappa shape index (κ3) is 5.44. The van der Waals surface area contributed by atoms with Gasteiger partial charge < -0.3 is 10.4 Å². The van der Waals surface area contributed by atoms with Gasteiger partial charge in [0.2, 0.25) is 10.0 Å². The van der Waals surface area contributed by atoms with Crippen LogP contribution in [0.3, 0.4) is 0 Å². The van der Waals surface area contributed by atoms with Gasteiger partial charge in [-0.05, 0) is 69.1 Å². The molecule has 1 aliphatic rings. The first-order valence-electron chi connectivity index (χ1n) is 10.7. The minimum atomic E-state index is -3.64. The van der Waals surface area contributed by atoms with Crippen molar-refractivity contribution in [2.24, 2.45) is 0 Å². The Labute approximate surface area is 184 Å². The van der Waals surface area contributed by atoms with Crippen LogP contribution >= 0.6 is 0 Å². The molecule has 0 unspecified atom stereocenters. The molecule has 2 aromatic rings. The van der Waals surface area contributed by atoms with E-state index in [2.05, 4.69) is 31.0 Å². The van der Waals surface area contributed by atoms with Crippen molar-refractivity contribution in [2.75, 3.05) is 25.0 Å². The molecule has 0 spiro atoms. The molecule has 0 aromatic heterocycles. The Balaban J connectivity index is 1.74. The predicted octanol–water partition coefficient (Wildman–Crippen LogP) is 3.66. The van der Waals surface area contributed by atoms with Gasteiger partial charge in [-0.1, -0.05) is 19.1 Å². The van der Waals surface area contributed by atoms with Crippen molar-refractivity contribution < 1.29 is 18.3 Å². The second-order valence-corrected chi connectivity index (χ2v) is 10.0. The Kier molecular flexibility index (Phi) is 7.35. The molecular formula is C23H31N3O4S. The third-order valence-corrected chi connectivity index (χ3v) is 7.55. The van der Waals surface area contributed by atoms with Crippen LogP contribution in [0, 0.1) is 0 Å². The molecule has 0 saturated carbocycles. The highest BCUT2D eigenvalue weighted by atomic mass is 32.2. The van der Waals surface area contributed by atoms with Crippen LogP contribution in [-0.2, 0) is 16.6 Å². The Morgan fingerprint density at radius 2 is 1.77 bits per heavy atom. The van der Waals surface area contributed by atoms with Crippen molar-refractivity contribution in [3.63, 3.8) is 0 Å². The van der Waals surface area contributed by atoms with Crippen molar-refractivity contribution in [1.29, 1.82) is 0 Å². The number of nitrogens with one attached hydrogen (secondary N) is 1. The maximum absolute atomic E-state index is 12.8. The number of carbonyl (C=O) groups is 1. The highest BCUT2D eigenvalue weighted by molar-refractivity contribution is 7.89. The zero-order valence-corrected chi connectivity index (χ0v) is 19.2. The molecule has 3 rings (SSSR count). The van der Waals surface area contributed by atoms with E-state index in [1.54, 1.807) is 12.1 Å². The maximum Gasteiger partial charge on any atom is 0.255 e. The van der Waals surface area contributed by atoms with E-state index in [9.17, 15) is 18.3 Å². The summed E-state index contributed by atoms with van der Waals surface area (Å²) < 4.78 is 27.0. The van der Waals surface area contributed by atoms with E-state index < -0.39 is 15.9 Å². The summed E-state index contributed by atoms with van der Waals surface area (Å²) in [7, 11) is -3.64. The second-order valence-electron chi connectivity index (χ2n) is 8.10. The van der Waals surface area contributed by atoms with Crippen molar-refractivity contribution in [1.82, 2.24) is 9.21 Å². The number of benzene rings is 2. The highest BCUT2D eigenvalue weighted by Gasteiger charge is 2.28. The van der Waals surface area contributed by atoms with Crippen molar-refractivity contribution in [3.05, 3.63) is 53.6 Å². The van der Waals surface area contributed by atoms with Gasteiger partial charge in [0.1, 0.15) is 5.75 Å². The number of amides is 1. The lowest BCUT2D eigenvalue weighted by molar-refractivity contribution is 0.102. The molecule has 2 aromatic carbocycles. The quantitative estimate of drug-likeness (QED) is 0.605. The fourth-order valence-corrected chi connectivity index (χ4v) is 5.25. The van der Waals surface area contributed by atoms with Crippen molar-refractivity contribution in [2.45, 2.75) is 51.1 Å². The van der Waals surface area contributed by atoms with E-state index in [1.807, 2.05) is 12.1 Å². The molecule has 7 nitrogen and oxygen atoms in total. The summed E-state index contributed by atoms with van der Waals surface area (Å²) in [4.78, 5) is 15.1. The minimum absolute atomic E-state index is 0.0613. The summed E-state index contributed by atoms with van der Waals surface area (Å²) in [5.74, 6) is -0.588. The van der Waals surface area contributed by atoms with Gasteiger partial charge in [-0.25, -0.2) is 8.42 Å². The predicted molar refractivity (Wildman–Crippen MR) is 122 cm³/mol. The number of nitrogens with zero attached hydrogens (tertiary/aromatic N) is 2. The molecule has 0 bridgehead atoms. The molecule has 8 heteroatoms. The standard InChI is InChI=1S/C23H31N3O4S/c1-4-25(17(2)3)16-18-7-9-19(10-8-18)23(28)24-21-15-20(11-12-22(21)27)31(29,30)26-13-5-6-14-26/h7-12,15,17,27H,4-6,13-14,16H2,1-3H3,(H,24,28). The number of hydrogen-bond donors (Lipinski definition) is 2. The van der Waals surface area contributed by atoms with Crippen LogP contribution in [0.4, 0.5) is 5.69 Å². The SMILES string of the molecule is CCN(Cc1ccc(C(=O)Nc2cc(S(=O)(=O)N3CCCC3)ccc2O)cc1)C(C)C. The molecule has 0 radical (unpaired) electrons. The monoisotopic (exact) mass is 445 g/mol. The molecule has 31 heavy (non-hydrogen) atoms. The van der Waals surface area contributed by atoms with E-state index in [-0.39, 0.29) is 16.3 Å². The lowest BCUT2D eigenvalue weighted by Gasteiger charge is -2.24. The van der Waals surface area contributed by atoms with Gasteiger partial charge in [0, 0.05) is 31.2 Å². The number of aromatic hydroxyl groups is 1. The van der Waals surface area contributed by atoms with Gasteiger partial charge >= 0.3 is 0 Å². The van der Waals surface area contributed by atoms with E-state index in [1.165, 1.54) is 22.5 Å². The Bertz CT molecular complexity index is 1010. The molecule has 1 heterocycles. The molecule has 1 aliphatic heterocycles. The van der Waals surface area contributed by atoms with E-state index in [0.717, 1.165) is 31.5 Å². The first-order valence-corrected chi connectivity index (χ1v) is 12.1. The van der Waals surface area contributed by atoms with Crippen LogP contribution in [0.1, 0.15) is 49.5 Å². The maximum atomic E-state index is 12.8. The second kappa shape index (κ2) is 9.80. The van der Waals surface area contributed by atoms with E-state index in [4.69, 9.17) is 0 Å². The normalized spacial score (nSPS) is 15.0. The van der Waals surface area contributed by atoms with Crippen LogP contribution in [-0.4, -0.2) is 54.3 Å². The van der Waals surface area contributed by atoms with Gasteiger partial charge in [-0.3, -0.25) is 9.69 Å². The van der Waals surface area contributed by atoms with E-state index >= 15 is 0 Å². The fourth-order valence-electron chi connectivity index (χ4n) is 3.70. The smallest absolute Gasteiger partial charge is 0.255 e. The average Bonchev–Trinajstić information content (AvgIpc) is 3.29. The van der Waals surface area contributed by atoms with Crippen molar-refractivity contribution >= 4 is 21.6 Å². The minimum Gasteiger partial charge on any atom is -0.506 e. The number of sulfonamides is 1. The zero-order valence-electron chi connectivity index (χ0n) is 18.3. The first kappa shape index (κ1) is 23.2. The number of carbonyl (C=O) groups excluding carboxylic acids is 1. The largest absolute Gasteiger partial charge is 0.506 e. The van der Waals surface area contributed by atoms with Gasteiger partial charge in [0.15, 0.2) is 0 Å². The number of rotatable bonds is 8. The molecule has 168 valence electrons. The Hall–Kier alpha value is -2.42. The highest BCUT2D eigenvalue weighted by Crippen LogP contribution is 2.29. The van der Waals surface area contributed by atoms with Crippen LogP contribution in [0.15, 0.2) is 47.4 Å². The number of hydrogen-bond acceptors (Lipinski definition) is 5. The fraction of sp³-hybridized carbons (Fsp3) is 0.435. The molecule has 0 aliphatic carbocycles. The van der Waals surface area contributed by atoms with Crippen LogP contribution in [0.5, 0.6) is 5.75 Å². The molecular weight excluding hydrogens is 414 g/mol. The van der Waals surface area contributed by atoms with Crippen LogP contribution in [0.25, 0.3) is 0 Å². The van der Waals surface area contributed by atoms with Gasteiger partial charge in [0.05, 0.1) is 10.6 Å². The number of phenols is 1. The summed E-state index contributed by atoms with van der Waals surface area (Å²) in [6.45, 7) is 9.13. The van der Waals surface area contributed by atoms with Gasteiger partial charge in [0.25, 0.3) is 5.91 Å².